The number of aromatic nitrogens is 2. The molecule has 0 aliphatic carbocycles. The molecule has 4 rings (SSSR count). The predicted octanol–water partition coefficient (Wildman–Crippen LogP) is 5.23. The molecule has 1 saturated heterocycles. The third kappa shape index (κ3) is 5.20. The number of imide groups is 1. The summed E-state index contributed by atoms with van der Waals surface area (Å²) in [5, 5.41) is 4.81. The van der Waals surface area contributed by atoms with Gasteiger partial charge in [0.2, 0.25) is 0 Å². The van der Waals surface area contributed by atoms with E-state index in [2.05, 4.69) is 15.6 Å². The van der Waals surface area contributed by atoms with Crippen LogP contribution in [-0.2, 0) is 28.3 Å². The molecule has 2 heterocycles. The lowest BCUT2D eigenvalue weighted by molar-refractivity contribution is -0.137. The van der Waals surface area contributed by atoms with Gasteiger partial charge < -0.3 is 14.6 Å². The van der Waals surface area contributed by atoms with Crippen LogP contribution in [0.2, 0.25) is 0 Å². The Morgan fingerprint density at radius 1 is 1.08 bits per heavy atom. The highest BCUT2D eigenvalue weighted by molar-refractivity contribution is 6.07. The third-order valence-corrected chi connectivity index (χ3v) is 5.87. The SMILES string of the molecule is Cn1cnc(-c2cc(C3(C)NC(=O)NC3=O)ccc2N(C(=O)OC(C)(C)C)c2ccc(C(F)(F)F)cc2)c1. The Hall–Kier alpha value is -4.35. The topological polar surface area (TPSA) is 106 Å². The van der Waals surface area contributed by atoms with Crippen LogP contribution in [0.25, 0.3) is 11.3 Å². The van der Waals surface area contributed by atoms with Crippen LogP contribution in [0.5, 0.6) is 0 Å². The van der Waals surface area contributed by atoms with Crippen LogP contribution in [0, 0.1) is 0 Å². The van der Waals surface area contributed by atoms with E-state index in [1.54, 1.807) is 50.7 Å². The molecule has 2 N–H and O–H groups in total. The Labute approximate surface area is 216 Å². The van der Waals surface area contributed by atoms with Gasteiger partial charge in [0, 0.05) is 18.8 Å². The number of hydrogen-bond acceptors (Lipinski definition) is 5. The van der Waals surface area contributed by atoms with Gasteiger partial charge >= 0.3 is 18.3 Å². The number of alkyl halides is 3. The highest BCUT2D eigenvalue weighted by Gasteiger charge is 2.44. The maximum atomic E-state index is 13.5. The number of carbonyl (C=O) groups is 3. The molecule has 200 valence electrons. The molecule has 1 fully saturated rings. The van der Waals surface area contributed by atoms with Crippen LogP contribution < -0.4 is 15.5 Å². The highest BCUT2D eigenvalue weighted by atomic mass is 19.4. The van der Waals surface area contributed by atoms with Gasteiger partial charge in [-0.3, -0.25) is 10.1 Å². The minimum absolute atomic E-state index is 0.121. The van der Waals surface area contributed by atoms with Crippen molar-refractivity contribution in [1.82, 2.24) is 20.2 Å². The number of carbonyl (C=O) groups excluding carboxylic acids is 3. The van der Waals surface area contributed by atoms with Crippen LogP contribution >= 0.6 is 0 Å². The van der Waals surface area contributed by atoms with E-state index in [1.165, 1.54) is 31.5 Å². The van der Waals surface area contributed by atoms with Crippen molar-refractivity contribution in [2.24, 2.45) is 7.05 Å². The molecule has 9 nitrogen and oxygen atoms in total. The van der Waals surface area contributed by atoms with Crippen molar-refractivity contribution in [2.45, 2.75) is 45.0 Å². The van der Waals surface area contributed by atoms with Crippen molar-refractivity contribution >= 4 is 29.4 Å². The maximum absolute atomic E-state index is 13.5. The lowest BCUT2D eigenvalue weighted by Gasteiger charge is -2.30. The van der Waals surface area contributed by atoms with E-state index >= 15 is 0 Å². The fourth-order valence-corrected chi connectivity index (χ4v) is 4.00. The predicted molar refractivity (Wildman–Crippen MR) is 132 cm³/mol. The lowest BCUT2D eigenvalue weighted by Crippen LogP contribution is -2.40. The summed E-state index contributed by atoms with van der Waals surface area (Å²) in [5.41, 5.74) is -1.62. The number of rotatable bonds is 4. The van der Waals surface area contributed by atoms with Crippen LogP contribution in [-0.4, -0.2) is 33.2 Å². The summed E-state index contributed by atoms with van der Waals surface area (Å²) in [6, 6.07) is 8.13. The Morgan fingerprint density at radius 2 is 1.74 bits per heavy atom. The normalized spacial score (nSPS) is 17.7. The molecule has 1 aliphatic heterocycles. The summed E-state index contributed by atoms with van der Waals surface area (Å²) >= 11 is 0. The molecule has 1 aliphatic rings. The zero-order valence-corrected chi connectivity index (χ0v) is 21.3. The number of aryl methyl sites for hydroxylation is 1. The Morgan fingerprint density at radius 3 is 2.24 bits per heavy atom. The Kier molecular flexibility index (Phi) is 6.46. The van der Waals surface area contributed by atoms with Gasteiger partial charge in [-0.1, -0.05) is 6.07 Å². The van der Waals surface area contributed by atoms with Gasteiger partial charge in [0.05, 0.1) is 29.0 Å². The number of halogens is 3. The van der Waals surface area contributed by atoms with E-state index in [0.717, 1.165) is 17.0 Å². The summed E-state index contributed by atoms with van der Waals surface area (Å²) in [6.45, 7) is 6.54. The first-order valence-corrected chi connectivity index (χ1v) is 11.6. The van der Waals surface area contributed by atoms with Crippen molar-refractivity contribution in [3.63, 3.8) is 0 Å². The first-order chi connectivity index (χ1) is 17.6. The molecular formula is C26H26F3N5O4. The molecule has 1 unspecified atom stereocenters. The Balaban J connectivity index is 1.92. The van der Waals surface area contributed by atoms with E-state index in [0.29, 0.717) is 16.8 Å². The van der Waals surface area contributed by atoms with Gasteiger partial charge in [0.25, 0.3) is 5.91 Å². The summed E-state index contributed by atoms with van der Waals surface area (Å²) in [4.78, 5) is 43.4. The molecular weight excluding hydrogens is 503 g/mol. The van der Waals surface area contributed by atoms with Crippen LogP contribution in [0.1, 0.15) is 38.8 Å². The van der Waals surface area contributed by atoms with E-state index < -0.39 is 40.9 Å². The van der Waals surface area contributed by atoms with Crippen LogP contribution in [0.4, 0.5) is 34.1 Å². The van der Waals surface area contributed by atoms with Gasteiger partial charge in [-0.15, -0.1) is 0 Å². The van der Waals surface area contributed by atoms with Gasteiger partial charge in [0.15, 0.2) is 0 Å². The number of anilines is 2. The molecule has 2 aromatic carbocycles. The van der Waals surface area contributed by atoms with Crippen molar-refractivity contribution in [1.29, 1.82) is 0 Å². The molecule has 3 aromatic rings. The quantitative estimate of drug-likeness (QED) is 0.450. The van der Waals surface area contributed by atoms with Crippen LogP contribution in [0.15, 0.2) is 55.0 Å². The first-order valence-electron chi connectivity index (χ1n) is 11.6. The zero-order valence-electron chi connectivity index (χ0n) is 21.3. The smallest absolute Gasteiger partial charge is 0.419 e. The zero-order chi connectivity index (χ0) is 28.0. The maximum Gasteiger partial charge on any atom is 0.419 e. The van der Waals surface area contributed by atoms with E-state index in [-0.39, 0.29) is 11.4 Å². The van der Waals surface area contributed by atoms with Gasteiger partial charge in [-0.2, -0.15) is 13.2 Å². The molecule has 0 spiro atoms. The van der Waals surface area contributed by atoms with Crippen molar-refractivity contribution in [3.05, 3.63) is 66.1 Å². The molecule has 0 saturated carbocycles. The summed E-state index contributed by atoms with van der Waals surface area (Å²) in [6.07, 6.45) is -2.18. The minimum Gasteiger partial charge on any atom is -0.443 e. The monoisotopic (exact) mass is 529 g/mol. The standard InChI is InChI=1S/C26H26F3N5O4/c1-24(2,3)38-23(37)34(17-9-6-15(7-10-17)26(27,28)29)20-11-8-16(25(4)21(35)31-22(36)32-25)12-18(20)19-13-33(5)14-30-19/h6-14H,1-5H3,(H2,31,32,35,36). The van der Waals surface area contributed by atoms with E-state index in [1.807, 2.05) is 0 Å². The molecule has 38 heavy (non-hydrogen) atoms. The highest BCUT2D eigenvalue weighted by Crippen LogP contribution is 2.40. The molecule has 0 radical (unpaired) electrons. The van der Waals surface area contributed by atoms with Crippen molar-refractivity contribution < 1.29 is 32.3 Å². The minimum atomic E-state index is -4.56. The number of nitrogens with zero attached hydrogens (tertiary/aromatic N) is 3. The van der Waals surface area contributed by atoms with Crippen molar-refractivity contribution in [2.75, 3.05) is 4.90 Å². The second kappa shape index (κ2) is 9.19. The summed E-state index contributed by atoms with van der Waals surface area (Å²) in [5.74, 6) is -0.561. The Bertz CT molecular complexity index is 1410. The third-order valence-electron chi connectivity index (χ3n) is 5.87. The van der Waals surface area contributed by atoms with E-state index in [4.69, 9.17) is 4.74 Å². The van der Waals surface area contributed by atoms with E-state index in [9.17, 15) is 27.6 Å². The number of urea groups is 1. The average molecular weight is 530 g/mol. The molecule has 1 aromatic heterocycles. The molecule has 0 bridgehead atoms. The number of hydrogen-bond donors (Lipinski definition) is 2. The average Bonchev–Trinajstić information content (AvgIpc) is 3.34. The van der Waals surface area contributed by atoms with Gasteiger partial charge in [0.1, 0.15) is 11.1 Å². The largest absolute Gasteiger partial charge is 0.443 e. The second-order valence-electron chi connectivity index (χ2n) is 10.0. The molecule has 1 atom stereocenters. The number of nitrogens with one attached hydrogen (secondary N) is 2. The van der Waals surface area contributed by atoms with Crippen molar-refractivity contribution in [3.8, 4) is 11.3 Å². The number of ether oxygens (including phenoxy) is 1. The lowest BCUT2D eigenvalue weighted by atomic mass is 9.89. The fraction of sp³-hybridized carbons (Fsp3) is 0.308. The number of benzene rings is 2. The van der Waals surface area contributed by atoms with Crippen LogP contribution in [0.3, 0.4) is 0 Å². The summed E-state index contributed by atoms with van der Waals surface area (Å²) in [7, 11) is 1.74. The summed E-state index contributed by atoms with van der Waals surface area (Å²) < 4.78 is 46.9. The molecule has 4 amide bonds. The fourth-order valence-electron chi connectivity index (χ4n) is 4.00. The molecule has 12 heteroatoms. The number of amides is 4. The number of imidazole rings is 1. The van der Waals surface area contributed by atoms with Gasteiger partial charge in [-0.25, -0.2) is 19.5 Å². The second-order valence-corrected chi connectivity index (χ2v) is 10.0. The van der Waals surface area contributed by atoms with Gasteiger partial charge in [-0.05, 0) is 69.7 Å². The first kappa shape index (κ1) is 26.7.